The normalized spacial score (nSPS) is 14.8. The summed E-state index contributed by atoms with van der Waals surface area (Å²) < 4.78 is 16.7. The molecule has 0 radical (unpaired) electrons. The quantitative estimate of drug-likeness (QED) is 0.619. The molecule has 0 fully saturated rings. The first-order chi connectivity index (χ1) is 12.5. The standard InChI is InChI=1S/C20H13ClO5/c1-11(22)24-20-16-10-14(12-5-3-2-4-6-12)19(23)26-18(16)15-9-13(21)7-8-17(15)25-20/h2-10,20H,1H3/t20-/m1/s1. The van der Waals surface area contributed by atoms with Crippen LogP contribution in [0.3, 0.4) is 0 Å². The van der Waals surface area contributed by atoms with Crippen LogP contribution in [0, 0.1) is 0 Å². The van der Waals surface area contributed by atoms with Crippen LogP contribution in [-0.2, 0) is 9.53 Å². The van der Waals surface area contributed by atoms with Gasteiger partial charge in [-0.1, -0.05) is 41.9 Å². The van der Waals surface area contributed by atoms with Crippen molar-refractivity contribution in [2.24, 2.45) is 0 Å². The van der Waals surface area contributed by atoms with Gasteiger partial charge in [0.25, 0.3) is 6.29 Å². The predicted octanol–water partition coefficient (Wildman–Crippen LogP) is 4.58. The molecule has 0 aliphatic carbocycles. The average molecular weight is 369 g/mol. The van der Waals surface area contributed by atoms with Crippen molar-refractivity contribution in [2.75, 3.05) is 0 Å². The Balaban J connectivity index is 1.95. The molecule has 1 aromatic heterocycles. The van der Waals surface area contributed by atoms with E-state index in [1.165, 1.54) is 6.92 Å². The molecule has 0 unspecified atom stereocenters. The highest BCUT2D eigenvalue weighted by atomic mass is 35.5. The van der Waals surface area contributed by atoms with Crippen molar-refractivity contribution in [3.05, 3.63) is 75.6 Å². The molecule has 0 spiro atoms. The third-order valence-electron chi connectivity index (χ3n) is 4.01. The monoisotopic (exact) mass is 368 g/mol. The predicted molar refractivity (Wildman–Crippen MR) is 96.0 cm³/mol. The number of carbonyl (C=O) groups is 1. The molecule has 0 N–H and O–H groups in total. The summed E-state index contributed by atoms with van der Waals surface area (Å²) in [5.41, 5.74) is 1.54. The molecular formula is C20H13ClO5. The second-order valence-electron chi connectivity index (χ2n) is 5.80. The Morgan fingerprint density at radius 3 is 2.58 bits per heavy atom. The zero-order valence-corrected chi connectivity index (χ0v) is 14.4. The summed E-state index contributed by atoms with van der Waals surface area (Å²) >= 11 is 6.07. The van der Waals surface area contributed by atoms with Crippen molar-refractivity contribution in [3.8, 4) is 28.2 Å². The molecule has 5 nitrogen and oxygen atoms in total. The van der Waals surface area contributed by atoms with Crippen LogP contribution in [-0.4, -0.2) is 5.97 Å². The topological polar surface area (TPSA) is 65.7 Å². The van der Waals surface area contributed by atoms with E-state index < -0.39 is 17.9 Å². The highest BCUT2D eigenvalue weighted by molar-refractivity contribution is 6.31. The maximum Gasteiger partial charge on any atom is 0.344 e. The van der Waals surface area contributed by atoms with Crippen LogP contribution in [0.2, 0.25) is 5.02 Å². The molecule has 2 heterocycles. The number of benzene rings is 2. The van der Waals surface area contributed by atoms with E-state index >= 15 is 0 Å². The first-order valence-corrected chi connectivity index (χ1v) is 8.28. The lowest BCUT2D eigenvalue weighted by Gasteiger charge is -2.27. The Hall–Kier alpha value is -3.05. The van der Waals surface area contributed by atoms with Crippen LogP contribution >= 0.6 is 11.6 Å². The zero-order chi connectivity index (χ0) is 18.3. The second kappa shape index (κ2) is 6.35. The fourth-order valence-corrected chi connectivity index (χ4v) is 3.06. The van der Waals surface area contributed by atoms with Gasteiger partial charge in [-0.3, -0.25) is 4.79 Å². The third kappa shape index (κ3) is 2.86. The highest BCUT2D eigenvalue weighted by Crippen LogP contribution is 2.44. The van der Waals surface area contributed by atoms with Gasteiger partial charge in [0.1, 0.15) is 5.75 Å². The number of halogens is 1. The molecule has 3 aromatic rings. The first kappa shape index (κ1) is 16.4. The average Bonchev–Trinajstić information content (AvgIpc) is 2.62. The molecule has 0 amide bonds. The molecule has 0 saturated heterocycles. The first-order valence-electron chi connectivity index (χ1n) is 7.90. The molecule has 1 atom stereocenters. The van der Waals surface area contributed by atoms with Gasteiger partial charge >= 0.3 is 11.6 Å². The van der Waals surface area contributed by atoms with Crippen molar-refractivity contribution in [1.82, 2.24) is 0 Å². The summed E-state index contributed by atoms with van der Waals surface area (Å²) in [6, 6.07) is 15.7. The molecule has 26 heavy (non-hydrogen) atoms. The minimum Gasteiger partial charge on any atom is -0.450 e. The maximum atomic E-state index is 12.6. The SMILES string of the molecule is CC(=O)O[C@@H]1Oc2ccc(Cl)cc2-c2oc(=O)c(-c3ccccc3)cc21. The van der Waals surface area contributed by atoms with Gasteiger partial charge in [0.15, 0.2) is 5.76 Å². The van der Waals surface area contributed by atoms with Gasteiger partial charge in [0, 0.05) is 11.9 Å². The molecule has 4 rings (SSSR count). The molecule has 130 valence electrons. The Morgan fingerprint density at radius 1 is 1.08 bits per heavy atom. The summed E-state index contributed by atoms with van der Waals surface area (Å²) in [4.78, 5) is 24.1. The number of ether oxygens (including phenoxy) is 2. The summed E-state index contributed by atoms with van der Waals surface area (Å²) in [5, 5.41) is 0.471. The van der Waals surface area contributed by atoms with Crippen molar-refractivity contribution >= 4 is 17.6 Å². The van der Waals surface area contributed by atoms with Crippen LogP contribution in [0.25, 0.3) is 22.5 Å². The Bertz CT molecular complexity index is 1060. The number of hydrogen-bond acceptors (Lipinski definition) is 5. The van der Waals surface area contributed by atoms with E-state index in [0.717, 1.165) is 0 Å². The summed E-state index contributed by atoms with van der Waals surface area (Å²) in [6.07, 6.45) is -1.01. The summed E-state index contributed by atoms with van der Waals surface area (Å²) in [5.74, 6) is 0.194. The lowest BCUT2D eigenvalue weighted by Crippen LogP contribution is -2.21. The van der Waals surface area contributed by atoms with Crippen LogP contribution < -0.4 is 10.4 Å². The van der Waals surface area contributed by atoms with E-state index in [2.05, 4.69) is 0 Å². The number of hydrogen-bond donors (Lipinski definition) is 0. The van der Waals surface area contributed by atoms with E-state index in [4.69, 9.17) is 25.5 Å². The van der Waals surface area contributed by atoms with Gasteiger partial charge in [-0.05, 0) is 29.8 Å². The third-order valence-corrected chi connectivity index (χ3v) is 4.24. The van der Waals surface area contributed by atoms with E-state index in [9.17, 15) is 9.59 Å². The summed E-state index contributed by atoms with van der Waals surface area (Å²) in [6.45, 7) is 1.29. The molecular weight excluding hydrogens is 356 g/mol. The summed E-state index contributed by atoms with van der Waals surface area (Å²) in [7, 11) is 0. The maximum absolute atomic E-state index is 12.6. The molecule has 6 heteroatoms. The van der Waals surface area contributed by atoms with Gasteiger partial charge in [-0.15, -0.1) is 0 Å². The van der Waals surface area contributed by atoms with E-state index in [0.29, 0.717) is 33.0 Å². The minimum atomic E-state index is -1.01. The van der Waals surface area contributed by atoms with E-state index in [1.807, 2.05) is 18.2 Å². The number of rotatable bonds is 2. The smallest absolute Gasteiger partial charge is 0.344 e. The van der Waals surface area contributed by atoms with Crippen molar-refractivity contribution in [1.29, 1.82) is 0 Å². The Kier molecular flexibility index (Phi) is 4.01. The van der Waals surface area contributed by atoms with Gasteiger partial charge in [0.2, 0.25) is 0 Å². The van der Waals surface area contributed by atoms with Crippen molar-refractivity contribution in [3.63, 3.8) is 0 Å². The Labute approximate surface area is 153 Å². The fourth-order valence-electron chi connectivity index (χ4n) is 2.89. The molecule has 1 aliphatic heterocycles. The van der Waals surface area contributed by atoms with Crippen LogP contribution in [0.4, 0.5) is 0 Å². The van der Waals surface area contributed by atoms with Crippen LogP contribution in [0.1, 0.15) is 18.8 Å². The molecule has 2 aromatic carbocycles. The largest absolute Gasteiger partial charge is 0.450 e. The van der Waals surface area contributed by atoms with E-state index in [-0.39, 0.29) is 5.76 Å². The van der Waals surface area contributed by atoms with Gasteiger partial charge in [-0.25, -0.2) is 4.79 Å². The number of carbonyl (C=O) groups excluding carboxylic acids is 1. The number of esters is 1. The molecule has 1 aliphatic rings. The lowest BCUT2D eigenvalue weighted by molar-refractivity contribution is -0.162. The van der Waals surface area contributed by atoms with Crippen LogP contribution in [0.5, 0.6) is 5.75 Å². The van der Waals surface area contributed by atoms with Crippen molar-refractivity contribution in [2.45, 2.75) is 13.2 Å². The minimum absolute atomic E-state index is 0.282. The van der Waals surface area contributed by atoms with Gasteiger partial charge in [-0.2, -0.15) is 0 Å². The Morgan fingerprint density at radius 2 is 1.85 bits per heavy atom. The van der Waals surface area contributed by atoms with Crippen LogP contribution in [0.15, 0.2) is 63.8 Å². The zero-order valence-electron chi connectivity index (χ0n) is 13.7. The van der Waals surface area contributed by atoms with Crippen molar-refractivity contribution < 1.29 is 18.7 Å². The number of fused-ring (bicyclic) bond motifs is 3. The van der Waals surface area contributed by atoms with Gasteiger partial charge in [0.05, 0.1) is 16.7 Å². The fraction of sp³-hybridized carbons (Fsp3) is 0.100. The van der Waals surface area contributed by atoms with E-state index in [1.54, 1.807) is 36.4 Å². The van der Waals surface area contributed by atoms with Gasteiger partial charge < -0.3 is 13.9 Å². The highest BCUT2D eigenvalue weighted by Gasteiger charge is 2.32. The molecule has 0 saturated carbocycles. The second-order valence-corrected chi connectivity index (χ2v) is 6.23. The lowest BCUT2D eigenvalue weighted by atomic mass is 9.99. The molecule has 0 bridgehead atoms.